The largest absolute Gasteiger partial charge is 0.496 e. The number of nitrogens with zero attached hydrogens (tertiary/aromatic N) is 2. The standard InChI is InChI=1S/C19H19N3O3/c1-11-8-14(12(2)25-11)16-9-15(21-19(22-16)10-18(20)23)13-6-4-5-7-17(13)24-3/h4-9H,10H2,1-3H3,(H2,20,23). The zero-order valence-corrected chi connectivity index (χ0v) is 14.4. The number of benzene rings is 1. The lowest BCUT2D eigenvalue weighted by Crippen LogP contribution is -2.16. The maximum Gasteiger partial charge on any atom is 0.225 e. The van der Waals surface area contributed by atoms with Crippen molar-refractivity contribution in [3.05, 3.63) is 53.7 Å². The van der Waals surface area contributed by atoms with Crippen LogP contribution in [0.1, 0.15) is 17.3 Å². The van der Waals surface area contributed by atoms with E-state index < -0.39 is 5.91 Å². The molecule has 0 aliphatic heterocycles. The molecule has 6 heteroatoms. The average Bonchev–Trinajstić information content (AvgIpc) is 2.92. The Kier molecular flexibility index (Phi) is 4.52. The van der Waals surface area contributed by atoms with Gasteiger partial charge in [-0.15, -0.1) is 0 Å². The maximum atomic E-state index is 11.4. The topological polar surface area (TPSA) is 91.2 Å². The van der Waals surface area contributed by atoms with Crippen LogP contribution < -0.4 is 10.5 Å². The summed E-state index contributed by atoms with van der Waals surface area (Å²) < 4.78 is 11.0. The van der Waals surface area contributed by atoms with Gasteiger partial charge in [-0.2, -0.15) is 0 Å². The molecule has 2 heterocycles. The van der Waals surface area contributed by atoms with Gasteiger partial charge < -0.3 is 14.9 Å². The Labute approximate surface area is 145 Å². The number of hydrogen-bond acceptors (Lipinski definition) is 5. The lowest BCUT2D eigenvalue weighted by atomic mass is 10.1. The zero-order valence-electron chi connectivity index (χ0n) is 14.4. The molecule has 0 aliphatic carbocycles. The van der Waals surface area contributed by atoms with Gasteiger partial charge in [-0.05, 0) is 38.1 Å². The number of para-hydroxylation sites is 1. The van der Waals surface area contributed by atoms with E-state index in [1.807, 2.05) is 50.2 Å². The second-order valence-electron chi connectivity index (χ2n) is 5.72. The van der Waals surface area contributed by atoms with Gasteiger partial charge in [0, 0.05) is 11.1 Å². The highest BCUT2D eigenvalue weighted by molar-refractivity contribution is 5.77. The molecule has 0 saturated heterocycles. The van der Waals surface area contributed by atoms with Crippen molar-refractivity contribution in [3.8, 4) is 28.3 Å². The third-order valence-electron chi connectivity index (χ3n) is 3.80. The van der Waals surface area contributed by atoms with Gasteiger partial charge in [0.2, 0.25) is 5.91 Å². The first-order valence-corrected chi connectivity index (χ1v) is 7.85. The molecule has 0 saturated carbocycles. The first-order valence-electron chi connectivity index (χ1n) is 7.85. The third-order valence-corrected chi connectivity index (χ3v) is 3.80. The fourth-order valence-corrected chi connectivity index (χ4v) is 2.75. The first kappa shape index (κ1) is 16.7. The van der Waals surface area contributed by atoms with Crippen LogP contribution in [-0.2, 0) is 11.2 Å². The van der Waals surface area contributed by atoms with Gasteiger partial charge in [0.25, 0.3) is 0 Å². The molecule has 0 radical (unpaired) electrons. The van der Waals surface area contributed by atoms with E-state index in [2.05, 4.69) is 9.97 Å². The number of hydrogen-bond donors (Lipinski definition) is 1. The van der Waals surface area contributed by atoms with E-state index in [1.165, 1.54) is 0 Å². The third kappa shape index (κ3) is 3.52. The van der Waals surface area contributed by atoms with Crippen LogP contribution in [0.5, 0.6) is 5.75 Å². The molecule has 0 spiro atoms. The number of primary amides is 1. The minimum absolute atomic E-state index is 0.0358. The molecule has 0 atom stereocenters. The molecule has 0 bridgehead atoms. The highest BCUT2D eigenvalue weighted by Crippen LogP contribution is 2.32. The summed E-state index contributed by atoms with van der Waals surface area (Å²) in [6.45, 7) is 3.75. The fourth-order valence-electron chi connectivity index (χ4n) is 2.75. The minimum Gasteiger partial charge on any atom is -0.496 e. The number of aromatic nitrogens is 2. The molecular formula is C19H19N3O3. The van der Waals surface area contributed by atoms with Crippen LogP contribution >= 0.6 is 0 Å². The Morgan fingerprint density at radius 2 is 1.80 bits per heavy atom. The summed E-state index contributed by atoms with van der Waals surface area (Å²) in [5, 5.41) is 0. The molecule has 0 aliphatic rings. The van der Waals surface area contributed by atoms with Gasteiger partial charge in [0.1, 0.15) is 23.1 Å². The summed E-state index contributed by atoms with van der Waals surface area (Å²) in [6.07, 6.45) is -0.0358. The van der Waals surface area contributed by atoms with E-state index in [0.29, 0.717) is 23.0 Å². The van der Waals surface area contributed by atoms with E-state index in [9.17, 15) is 4.79 Å². The molecule has 128 valence electrons. The van der Waals surface area contributed by atoms with E-state index in [4.69, 9.17) is 14.9 Å². The number of carbonyl (C=O) groups excluding carboxylic acids is 1. The van der Waals surface area contributed by atoms with Crippen molar-refractivity contribution in [3.63, 3.8) is 0 Å². The molecule has 1 amide bonds. The molecule has 2 N–H and O–H groups in total. The fraction of sp³-hybridized carbons (Fsp3) is 0.211. The van der Waals surface area contributed by atoms with E-state index in [0.717, 1.165) is 22.6 Å². The minimum atomic E-state index is -0.483. The number of furan rings is 1. The Morgan fingerprint density at radius 3 is 2.40 bits per heavy atom. The van der Waals surface area contributed by atoms with E-state index >= 15 is 0 Å². The summed E-state index contributed by atoms with van der Waals surface area (Å²) in [7, 11) is 1.61. The highest BCUT2D eigenvalue weighted by atomic mass is 16.5. The smallest absolute Gasteiger partial charge is 0.225 e. The van der Waals surface area contributed by atoms with Crippen molar-refractivity contribution in [1.29, 1.82) is 0 Å². The predicted octanol–water partition coefficient (Wildman–Crippen LogP) is 3.06. The Morgan fingerprint density at radius 1 is 1.12 bits per heavy atom. The van der Waals surface area contributed by atoms with Crippen molar-refractivity contribution in [2.24, 2.45) is 5.73 Å². The molecule has 6 nitrogen and oxygen atoms in total. The van der Waals surface area contributed by atoms with Crippen LogP contribution in [0.25, 0.3) is 22.5 Å². The lowest BCUT2D eigenvalue weighted by Gasteiger charge is -2.10. The molecule has 25 heavy (non-hydrogen) atoms. The zero-order chi connectivity index (χ0) is 18.0. The number of amides is 1. The Hall–Kier alpha value is -3.15. The molecule has 3 rings (SSSR count). The number of rotatable bonds is 5. The summed E-state index contributed by atoms with van der Waals surface area (Å²) >= 11 is 0. The number of nitrogens with two attached hydrogens (primary N) is 1. The summed E-state index contributed by atoms with van der Waals surface area (Å²) in [5.74, 6) is 2.12. The maximum absolute atomic E-state index is 11.4. The van der Waals surface area contributed by atoms with Crippen LogP contribution in [0.4, 0.5) is 0 Å². The first-order chi connectivity index (χ1) is 12.0. The van der Waals surface area contributed by atoms with Gasteiger partial charge in [-0.25, -0.2) is 9.97 Å². The Bertz CT molecular complexity index is 931. The summed E-state index contributed by atoms with van der Waals surface area (Å²) in [5.41, 5.74) is 8.36. The molecule has 3 aromatic rings. The van der Waals surface area contributed by atoms with Crippen molar-refractivity contribution < 1.29 is 13.9 Å². The highest BCUT2D eigenvalue weighted by Gasteiger charge is 2.16. The second-order valence-corrected chi connectivity index (χ2v) is 5.72. The van der Waals surface area contributed by atoms with Crippen molar-refractivity contribution >= 4 is 5.91 Å². The number of carbonyl (C=O) groups is 1. The van der Waals surface area contributed by atoms with Crippen LogP contribution in [0.15, 0.2) is 40.8 Å². The number of ether oxygens (including phenoxy) is 1. The molecule has 0 fully saturated rings. The van der Waals surface area contributed by atoms with Crippen LogP contribution in [0, 0.1) is 13.8 Å². The van der Waals surface area contributed by atoms with Crippen LogP contribution in [0.2, 0.25) is 0 Å². The lowest BCUT2D eigenvalue weighted by molar-refractivity contribution is -0.117. The van der Waals surface area contributed by atoms with E-state index in [-0.39, 0.29) is 6.42 Å². The summed E-state index contributed by atoms with van der Waals surface area (Å²) in [6, 6.07) is 11.3. The van der Waals surface area contributed by atoms with Gasteiger partial charge in [-0.1, -0.05) is 12.1 Å². The SMILES string of the molecule is COc1ccccc1-c1cc(-c2cc(C)oc2C)nc(CC(N)=O)n1. The number of aryl methyl sites for hydroxylation is 2. The summed E-state index contributed by atoms with van der Waals surface area (Å²) in [4.78, 5) is 20.3. The van der Waals surface area contributed by atoms with E-state index in [1.54, 1.807) is 7.11 Å². The Balaban J connectivity index is 2.20. The van der Waals surface area contributed by atoms with Crippen LogP contribution in [-0.4, -0.2) is 23.0 Å². The molecule has 0 unspecified atom stereocenters. The molecular weight excluding hydrogens is 318 g/mol. The van der Waals surface area contributed by atoms with Crippen molar-refractivity contribution in [2.75, 3.05) is 7.11 Å². The predicted molar refractivity (Wildman–Crippen MR) is 94.1 cm³/mol. The van der Waals surface area contributed by atoms with Gasteiger partial charge in [0.05, 0.1) is 24.9 Å². The quantitative estimate of drug-likeness (QED) is 0.772. The van der Waals surface area contributed by atoms with Crippen LogP contribution in [0.3, 0.4) is 0 Å². The number of methoxy groups -OCH3 is 1. The van der Waals surface area contributed by atoms with Gasteiger partial charge in [0.15, 0.2) is 0 Å². The van der Waals surface area contributed by atoms with Crippen molar-refractivity contribution in [1.82, 2.24) is 9.97 Å². The second kappa shape index (κ2) is 6.76. The van der Waals surface area contributed by atoms with Gasteiger partial charge >= 0.3 is 0 Å². The molecule has 1 aromatic carbocycles. The average molecular weight is 337 g/mol. The van der Waals surface area contributed by atoms with Gasteiger partial charge in [-0.3, -0.25) is 4.79 Å². The van der Waals surface area contributed by atoms with Crippen molar-refractivity contribution in [2.45, 2.75) is 20.3 Å². The monoisotopic (exact) mass is 337 g/mol. The normalized spacial score (nSPS) is 10.7. The molecule has 2 aromatic heterocycles.